The van der Waals surface area contributed by atoms with Gasteiger partial charge >= 0.3 is 17.1 Å². The molecule has 4 heterocycles. The molecule has 3 aliphatic rings. The van der Waals surface area contributed by atoms with E-state index in [4.69, 9.17) is 22.1 Å². The molecular formula is C22H24N9O7S3+. The quantitative estimate of drug-likeness (QED) is 0.0352. The Morgan fingerprint density at radius 1 is 1.29 bits per heavy atom. The van der Waals surface area contributed by atoms with Crippen molar-refractivity contribution in [3.63, 3.8) is 0 Å². The van der Waals surface area contributed by atoms with Crippen LogP contribution in [0.15, 0.2) is 39.2 Å². The Balaban J connectivity index is 1.33. The number of oxime groups is 1. The molecule has 41 heavy (non-hydrogen) atoms. The number of fused-ring (bicyclic) bond motifs is 1. The summed E-state index contributed by atoms with van der Waals surface area (Å²) in [6.07, 6.45) is 2.59. The first-order valence-corrected chi connectivity index (χ1v) is 14.9. The van der Waals surface area contributed by atoms with Crippen LogP contribution in [-0.4, -0.2) is 83.1 Å². The Morgan fingerprint density at radius 2 is 2.05 bits per heavy atom. The first-order valence-electron chi connectivity index (χ1n) is 12.0. The van der Waals surface area contributed by atoms with E-state index in [9.17, 15) is 29.4 Å². The lowest BCUT2D eigenvalue weighted by molar-refractivity contribution is -0.682. The van der Waals surface area contributed by atoms with Crippen LogP contribution in [0.4, 0.5) is 10.9 Å². The minimum Gasteiger partial charge on any atom is -0.478 e. The van der Waals surface area contributed by atoms with Crippen molar-refractivity contribution < 1.29 is 38.9 Å². The van der Waals surface area contributed by atoms with Crippen LogP contribution in [0.25, 0.3) is 0 Å². The second kappa shape index (κ2) is 11.1. The molecule has 2 aliphatic heterocycles. The fraction of sp³-hybridized carbons (Fsp3) is 0.364. The lowest BCUT2D eigenvalue weighted by Crippen LogP contribution is -2.71. The minimum atomic E-state index is -1.55. The summed E-state index contributed by atoms with van der Waals surface area (Å²) in [6.45, 7) is 0. The second-order valence-corrected chi connectivity index (χ2v) is 12.1. The topological polar surface area (TPSA) is 253 Å². The second-order valence-electron chi connectivity index (χ2n) is 9.20. The molecule has 0 spiro atoms. The molecule has 16 nitrogen and oxygen atoms in total. The first-order chi connectivity index (χ1) is 19.5. The molecule has 1 saturated heterocycles. The van der Waals surface area contributed by atoms with Crippen LogP contribution in [0.5, 0.6) is 0 Å². The average Bonchev–Trinajstić information content (AvgIpc) is 3.33. The van der Waals surface area contributed by atoms with Crippen LogP contribution in [0, 0.1) is 0 Å². The largest absolute Gasteiger partial charge is 0.478 e. The van der Waals surface area contributed by atoms with Gasteiger partial charge in [0.2, 0.25) is 11.4 Å². The predicted octanol–water partition coefficient (Wildman–Crippen LogP) is -1.04. The summed E-state index contributed by atoms with van der Waals surface area (Å²) in [6, 6.07) is 0.444. The van der Waals surface area contributed by atoms with Gasteiger partial charge in [0.25, 0.3) is 11.8 Å². The van der Waals surface area contributed by atoms with Crippen molar-refractivity contribution >= 4 is 75.3 Å². The van der Waals surface area contributed by atoms with E-state index in [0.717, 1.165) is 16.2 Å². The third-order valence-electron chi connectivity index (χ3n) is 6.61. The van der Waals surface area contributed by atoms with E-state index < -0.39 is 40.8 Å². The van der Waals surface area contributed by atoms with Gasteiger partial charge in [0.1, 0.15) is 29.0 Å². The number of anilines is 2. The fourth-order valence-electron chi connectivity index (χ4n) is 4.26. The third-order valence-corrected chi connectivity index (χ3v) is 9.67. The van der Waals surface area contributed by atoms with Crippen LogP contribution >= 0.6 is 34.9 Å². The van der Waals surface area contributed by atoms with E-state index in [2.05, 4.69) is 20.4 Å². The molecule has 2 aromatic heterocycles. The lowest BCUT2D eigenvalue weighted by Gasteiger charge is -2.49. The van der Waals surface area contributed by atoms with E-state index in [0.29, 0.717) is 17.2 Å². The molecular weight excluding hydrogens is 598 g/mol. The van der Waals surface area contributed by atoms with Gasteiger partial charge in [0.15, 0.2) is 10.8 Å². The number of aliphatic carboxylic acids is 2. The molecule has 1 saturated carbocycles. The molecule has 0 bridgehead atoms. The molecule has 5 rings (SSSR count). The van der Waals surface area contributed by atoms with Crippen LogP contribution < -0.4 is 27.3 Å². The van der Waals surface area contributed by atoms with Gasteiger partial charge in [0, 0.05) is 35.8 Å². The zero-order valence-corrected chi connectivity index (χ0v) is 23.5. The maximum atomic E-state index is 13.3. The number of carbonyl (C=O) groups is 4. The lowest BCUT2D eigenvalue weighted by atomic mass is 9.80. The molecule has 1 aliphatic carbocycles. The summed E-state index contributed by atoms with van der Waals surface area (Å²) < 4.78 is 1.25. The molecule has 1 unspecified atom stereocenters. The van der Waals surface area contributed by atoms with Gasteiger partial charge in [-0.05, 0) is 28.7 Å². The van der Waals surface area contributed by atoms with Crippen LogP contribution in [0.2, 0.25) is 0 Å². The Kier molecular flexibility index (Phi) is 7.66. The number of nitrogens with two attached hydrogens (primary N) is 3. The number of thiazole rings is 1. The van der Waals surface area contributed by atoms with E-state index in [1.165, 1.54) is 45.8 Å². The van der Waals surface area contributed by atoms with Crippen molar-refractivity contribution in [3.8, 4) is 0 Å². The van der Waals surface area contributed by atoms with Crippen molar-refractivity contribution in [2.75, 3.05) is 28.8 Å². The Bertz CT molecular complexity index is 1510. The highest BCUT2D eigenvalue weighted by molar-refractivity contribution is 8.01. The van der Waals surface area contributed by atoms with Gasteiger partial charge in [-0.15, -0.1) is 27.8 Å². The number of nitrogen functional groups attached to an aromatic ring is 3. The smallest absolute Gasteiger partial charge is 0.384 e. The maximum Gasteiger partial charge on any atom is 0.384 e. The van der Waals surface area contributed by atoms with Gasteiger partial charge in [-0.3, -0.25) is 20.3 Å². The number of carboxylic acid groups (broad SMARTS) is 2. The number of rotatable bonds is 10. The summed E-state index contributed by atoms with van der Waals surface area (Å²) in [7, 11) is 0. The summed E-state index contributed by atoms with van der Waals surface area (Å²) in [5.74, 6) is 2.57. The normalized spacial score (nSPS) is 21.4. The Morgan fingerprint density at radius 3 is 2.66 bits per heavy atom. The van der Waals surface area contributed by atoms with E-state index in [-0.39, 0.29) is 52.4 Å². The highest BCUT2D eigenvalue weighted by Gasteiger charge is 2.54. The zero-order valence-electron chi connectivity index (χ0n) is 21.1. The minimum absolute atomic E-state index is 0.0440. The number of aromatic nitrogens is 3. The van der Waals surface area contributed by atoms with Crippen LogP contribution in [0.3, 0.4) is 0 Å². The highest BCUT2D eigenvalue weighted by Crippen LogP contribution is 2.41. The van der Waals surface area contributed by atoms with E-state index in [1.54, 1.807) is 0 Å². The summed E-state index contributed by atoms with van der Waals surface area (Å²) >= 11 is 3.48. The van der Waals surface area contributed by atoms with Crippen molar-refractivity contribution in [2.24, 2.45) is 5.16 Å². The standard InChI is InChI=1S/C22H23N9O7S3/c23-11-2-5-30(25)21(27-11)41-7-9-6-39-17-13(16(33)31(17)14(9)18(34)35)28-15(32)12(10-8-40-20(24)26-10)29-38-22(19(36)37)3-1-4-22/h2,5,8,13,17,23H,1,3-4,6-7,25H2,(H5,24,26,28,32,34,35,36,37)/p+1/b29-12-/t13?,17-/m1/s1. The van der Waals surface area contributed by atoms with Crippen molar-refractivity contribution in [2.45, 2.75) is 41.4 Å². The summed E-state index contributed by atoms with van der Waals surface area (Å²) in [5.41, 5.74) is 9.86. The number of hydrogen-bond donors (Lipinski definition) is 6. The number of β-lactam (4-membered cyclic amide) rings is 1. The molecule has 9 N–H and O–H groups in total. The highest BCUT2D eigenvalue weighted by atomic mass is 32.2. The molecule has 0 radical (unpaired) electrons. The van der Waals surface area contributed by atoms with Crippen LogP contribution in [0.1, 0.15) is 25.0 Å². The monoisotopic (exact) mass is 622 g/mol. The molecule has 19 heteroatoms. The van der Waals surface area contributed by atoms with Crippen molar-refractivity contribution in [3.05, 3.63) is 34.6 Å². The Labute approximate surface area is 244 Å². The predicted molar refractivity (Wildman–Crippen MR) is 148 cm³/mol. The summed E-state index contributed by atoms with van der Waals surface area (Å²) in [4.78, 5) is 64.9. The molecule has 0 aromatic carbocycles. The number of amides is 2. The van der Waals surface area contributed by atoms with Gasteiger partial charge in [0.05, 0.1) is 0 Å². The number of carbonyl (C=O) groups excluding carboxylic acids is 2. The van der Waals surface area contributed by atoms with E-state index in [1.807, 2.05) is 0 Å². The van der Waals surface area contributed by atoms with Gasteiger partial charge in [-0.25, -0.2) is 14.6 Å². The van der Waals surface area contributed by atoms with Crippen molar-refractivity contribution in [1.29, 1.82) is 0 Å². The van der Waals surface area contributed by atoms with E-state index >= 15 is 0 Å². The van der Waals surface area contributed by atoms with Gasteiger partial charge < -0.3 is 31.8 Å². The van der Waals surface area contributed by atoms with Gasteiger partial charge in [-0.1, -0.05) is 5.16 Å². The number of nitrogens with zero attached hydrogens (tertiary/aromatic N) is 5. The average molecular weight is 623 g/mol. The van der Waals surface area contributed by atoms with Crippen LogP contribution in [-0.2, 0) is 24.0 Å². The zero-order chi connectivity index (χ0) is 29.5. The molecule has 2 fully saturated rings. The number of thioether (sulfide) groups is 2. The number of nitrogens with one attached hydrogen (secondary N) is 1. The molecule has 2 aromatic rings. The first kappa shape index (κ1) is 28.4. The molecule has 216 valence electrons. The maximum absolute atomic E-state index is 13.3. The SMILES string of the molecule is Nc1cc[n+](N)c(SCC2=C(C(=O)O)N3C(=O)C(NC(=O)/C(=N\OC4(C(=O)O)CCC4)c4csc(N)n4)[C@H]3SC2)n1. The number of carboxylic acids is 2. The number of hydrogen-bond acceptors (Lipinski definition) is 14. The third kappa shape index (κ3) is 5.34. The fourth-order valence-corrected chi connectivity index (χ4v) is 7.21. The molecule has 2 atom stereocenters. The molecule has 2 amide bonds. The summed E-state index contributed by atoms with van der Waals surface area (Å²) in [5, 5.41) is 27.1. The van der Waals surface area contributed by atoms with Crippen molar-refractivity contribution in [1.82, 2.24) is 20.2 Å². The Hall–Kier alpha value is -4.10. The van der Waals surface area contributed by atoms with Gasteiger partial charge in [-0.2, -0.15) is 0 Å².